The molecule has 0 aliphatic carbocycles. The summed E-state index contributed by atoms with van der Waals surface area (Å²) < 4.78 is 7.53. The standard InChI is InChI=1S/C16H20ClN5O2/c1-10(2)24-15-12(17)4-3-5-13(15)21-16(23)20-11-6-7-14-18-9-19-22(14)8-11/h3-5,9-11H,6-8H2,1-2H3,(H2,20,21,23). The first kappa shape index (κ1) is 16.6. The molecule has 1 atom stereocenters. The fraction of sp³-hybridized carbons (Fsp3) is 0.438. The smallest absolute Gasteiger partial charge is 0.319 e. The molecule has 0 fully saturated rings. The van der Waals surface area contributed by atoms with Crippen molar-refractivity contribution in [1.29, 1.82) is 0 Å². The van der Waals surface area contributed by atoms with Gasteiger partial charge in [0, 0.05) is 6.42 Å². The molecule has 2 amide bonds. The highest BCUT2D eigenvalue weighted by Crippen LogP contribution is 2.33. The molecule has 0 spiro atoms. The maximum atomic E-state index is 12.3. The number of nitrogens with one attached hydrogen (secondary N) is 2. The van der Waals surface area contributed by atoms with Crippen LogP contribution in [0.4, 0.5) is 10.5 Å². The average Bonchev–Trinajstić information content (AvgIpc) is 2.98. The molecule has 1 aliphatic heterocycles. The molecule has 2 aromatic rings. The summed E-state index contributed by atoms with van der Waals surface area (Å²) >= 11 is 6.18. The zero-order valence-corrected chi connectivity index (χ0v) is 14.4. The molecule has 7 nitrogen and oxygen atoms in total. The number of fused-ring (bicyclic) bond motifs is 1. The zero-order valence-electron chi connectivity index (χ0n) is 13.6. The second-order valence-corrected chi connectivity index (χ2v) is 6.38. The van der Waals surface area contributed by atoms with Crippen molar-refractivity contribution in [2.24, 2.45) is 0 Å². The minimum absolute atomic E-state index is 0.00727. The van der Waals surface area contributed by atoms with Crippen molar-refractivity contribution in [2.75, 3.05) is 5.32 Å². The van der Waals surface area contributed by atoms with Crippen LogP contribution in [0.5, 0.6) is 5.75 Å². The topological polar surface area (TPSA) is 81.1 Å². The summed E-state index contributed by atoms with van der Waals surface area (Å²) in [6.07, 6.45) is 3.12. The molecule has 3 rings (SSSR count). The Morgan fingerprint density at radius 1 is 1.46 bits per heavy atom. The van der Waals surface area contributed by atoms with Crippen LogP contribution in [-0.4, -0.2) is 32.9 Å². The lowest BCUT2D eigenvalue weighted by molar-refractivity contribution is 0.239. The Morgan fingerprint density at radius 3 is 3.08 bits per heavy atom. The van der Waals surface area contributed by atoms with Gasteiger partial charge in [0.05, 0.1) is 29.4 Å². The predicted octanol–water partition coefficient (Wildman–Crippen LogP) is 2.86. The van der Waals surface area contributed by atoms with Gasteiger partial charge in [-0.2, -0.15) is 5.10 Å². The number of anilines is 1. The summed E-state index contributed by atoms with van der Waals surface area (Å²) in [4.78, 5) is 16.5. The first-order valence-corrected chi connectivity index (χ1v) is 8.30. The van der Waals surface area contributed by atoms with E-state index in [0.717, 1.165) is 18.7 Å². The Balaban J connectivity index is 1.64. The van der Waals surface area contributed by atoms with E-state index in [1.54, 1.807) is 24.5 Å². The van der Waals surface area contributed by atoms with Crippen molar-refractivity contribution in [1.82, 2.24) is 20.1 Å². The van der Waals surface area contributed by atoms with E-state index >= 15 is 0 Å². The highest BCUT2D eigenvalue weighted by atomic mass is 35.5. The molecule has 1 unspecified atom stereocenters. The van der Waals surface area contributed by atoms with Gasteiger partial charge >= 0.3 is 6.03 Å². The zero-order chi connectivity index (χ0) is 17.1. The van der Waals surface area contributed by atoms with E-state index in [0.29, 0.717) is 23.0 Å². The summed E-state index contributed by atoms with van der Waals surface area (Å²) in [7, 11) is 0. The second kappa shape index (κ2) is 7.09. The molecule has 0 bridgehead atoms. The number of rotatable bonds is 4. The fourth-order valence-corrected chi connectivity index (χ4v) is 2.88. The quantitative estimate of drug-likeness (QED) is 0.889. The van der Waals surface area contributed by atoms with E-state index in [1.807, 2.05) is 18.5 Å². The number of aromatic nitrogens is 3. The summed E-state index contributed by atoms with van der Waals surface area (Å²) in [5, 5.41) is 10.4. The van der Waals surface area contributed by atoms with Crippen molar-refractivity contribution in [3.8, 4) is 5.75 Å². The Bertz CT molecular complexity index is 731. The van der Waals surface area contributed by atoms with E-state index in [1.165, 1.54) is 0 Å². The van der Waals surface area contributed by atoms with Gasteiger partial charge in [-0.1, -0.05) is 17.7 Å². The number of nitrogens with zero attached hydrogens (tertiary/aromatic N) is 3. The highest BCUT2D eigenvalue weighted by Gasteiger charge is 2.22. The molecule has 128 valence electrons. The van der Waals surface area contributed by atoms with Gasteiger partial charge < -0.3 is 15.4 Å². The monoisotopic (exact) mass is 349 g/mol. The average molecular weight is 350 g/mol. The maximum absolute atomic E-state index is 12.3. The second-order valence-electron chi connectivity index (χ2n) is 5.98. The van der Waals surface area contributed by atoms with Crippen LogP contribution in [0.25, 0.3) is 0 Å². The van der Waals surface area contributed by atoms with Crippen LogP contribution in [-0.2, 0) is 13.0 Å². The molecule has 2 heterocycles. The van der Waals surface area contributed by atoms with Gasteiger partial charge in [-0.3, -0.25) is 0 Å². The van der Waals surface area contributed by atoms with Gasteiger partial charge in [0.15, 0.2) is 5.75 Å². The number of benzene rings is 1. The lowest BCUT2D eigenvalue weighted by Crippen LogP contribution is -2.43. The molecule has 1 aromatic carbocycles. The van der Waals surface area contributed by atoms with Crippen LogP contribution in [0.15, 0.2) is 24.5 Å². The SMILES string of the molecule is CC(C)Oc1c(Cl)cccc1NC(=O)NC1CCc2ncnn2C1. The summed E-state index contributed by atoms with van der Waals surface area (Å²) in [6, 6.07) is 4.98. The number of hydrogen-bond acceptors (Lipinski definition) is 4. The third kappa shape index (κ3) is 3.79. The summed E-state index contributed by atoms with van der Waals surface area (Å²) in [5.74, 6) is 1.43. The molecule has 1 aromatic heterocycles. The lowest BCUT2D eigenvalue weighted by Gasteiger charge is -2.24. The number of aryl methyl sites for hydroxylation is 1. The largest absolute Gasteiger partial charge is 0.487 e. The third-order valence-electron chi connectivity index (χ3n) is 3.71. The van der Waals surface area contributed by atoms with Crippen LogP contribution >= 0.6 is 11.6 Å². The Hall–Kier alpha value is -2.28. The van der Waals surface area contributed by atoms with Crippen LogP contribution < -0.4 is 15.4 Å². The van der Waals surface area contributed by atoms with Crippen LogP contribution in [0.2, 0.25) is 5.02 Å². The van der Waals surface area contributed by atoms with Gasteiger partial charge in [0.2, 0.25) is 0 Å². The molecule has 8 heteroatoms. The predicted molar refractivity (Wildman–Crippen MR) is 91.5 cm³/mol. The lowest BCUT2D eigenvalue weighted by atomic mass is 10.1. The van der Waals surface area contributed by atoms with Crippen LogP contribution in [0.3, 0.4) is 0 Å². The molecule has 0 saturated heterocycles. The van der Waals surface area contributed by atoms with E-state index in [2.05, 4.69) is 20.7 Å². The van der Waals surface area contributed by atoms with Crippen molar-refractivity contribution in [3.05, 3.63) is 35.4 Å². The van der Waals surface area contributed by atoms with Crippen molar-refractivity contribution in [2.45, 2.75) is 45.4 Å². The molecular weight excluding hydrogens is 330 g/mol. The minimum atomic E-state index is -0.292. The molecular formula is C16H20ClN5O2. The number of para-hydroxylation sites is 1. The summed E-state index contributed by atoms with van der Waals surface area (Å²) in [5.41, 5.74) is 0.547. The van der Waals surface area contributed by atoms with Gasteiger partial charge in [-0.05, 0) is 32.4 Å². The van der Waals surface area contributed by atoms with E-state index < -0.39 is 0 Å². The van der Waals surface area contributed by atoms with Gasteiger partial charge in [-0.15, -0.1) is 0 Å². The normalized spacial score (nSPS) is 16.6. The number of amides is 2. The van der Waals surface area contributed by atoms with E-state index in [-0.39, 0.29) is 18.2 Å². The van der Waals surface area contributed by atoms with E-state index in [9.17, 15) is 4.79 Å². The Labute approximate surface area is 145 Å². The minimum Gasteiger partial charge on any atom is -0.487 e. The van der Waals surface area contributed by atoms with E-state index in [4.69, 9.17) is 16.3 Å². The number of hydrogen-bond donors (Lipinski definition) is 2. The molecule has 2 N–H and O–H groups in total. The van der Waals surface area contributed by atoms with Gasteiger partial charge in [0.1, 0.15) is 12.2 Å². The third-order valence-corrected chi connectivity index (χ3v) is 4.01. The Morgan fingerprint density at radius 2 is 2.29 bits per heavy atom. The van der Waals surface area contributed by atoms with Gasteiger partial charge in [0.25, 0.3) is 0 Å². The first-order chi connectivity index (χ1) is 11.5. The number of halogens is 1. The maximum Gasteiger partial charge on any atom is 0.319 e. The summed E-state index contributed by atoms with van der Waals surface area (Å²) in [6.45, 7) is 4.43. The molecule has 1 aliphatic rings. The first-order valence-electron chi connectivity index (χ1n) is 7.92. The highest BCUT2D eigenvalue weighted by molar-refractivity contribution is 6.32. The number of carbonyl (C=O) groups is 1. The van der Waals surface area contributed by atoms with Crippen LogP contribution in [0, 0.1) is 0 Å². The fourth-order valence-electron chi connectivity index (χ4n) is 2.66. The molecule has 24 heavy (non-hydrogen) atoms. The molecule has 0 saturated carbocycles. The van der Waals surface area contributed by atoms with Crippen molar-refractivity contribution >= 4 is 23.3 Å². The molecule has 0 radical (unpaired) electrons. The van der Waals surface area contributed by atoms with Crippen molar-refractivity contribution < 1.29 is 9.53 Å². The Kier molecular flexibility index (Phi) is 4.89. The van der Waals surface area contributed by atoms with Crippen LogP contribution in [0.1, 0.15) is 26.1 Å². The number of ether oxygens (including phenoxy) is 1. The van der Waals surface area contributed by atoms with Gasteiger partial charge in [-0.25, -0.2) is 14.5 Å². The van der Waals surface area contributed by atoms with Crippen molar-refractivity contribution in [3.63, 3.8) is 0 Å². The number of carbonyl (C=O) groups excluding carboxylic acids is 1. The number of urea groups is 1.